The van der Waals surface area contributed by atoms with Gasteiger partial charge in [-0.05, 0) is 17.4 Å². The van der Waals surface area contributed by atoms with E-state index in [4.69, 9.17) is 0 Å². The molecule has 0 heterocycles. The Bertz CT molecular complexity index is 284. The Balaban J connectivity index is 2.65. The molecule has 0 fully saturated rings. The van der Waals surface area contributed by atoms with Gasteiger partial charge in [-0.3, -0.25) is 0 Å². The smallest absolute Gasteiger partial charge is 0.0611 e. The van der Waals surface area contributed by atoms with Gasteiger partial charge in [0.2, 0.25) is 0 Å². The van der Waals surface area contributed by atoms with Crippen LogP contribution in [-0.2, 0) is 0 Å². The average Bonchev–Trinajstić information content (AvgIpc) is 2.15. The largest absolute Gasteiger partial charge is 0.392 e. The van der Waals surface area contributed by atoms with E-state index in [0.717, 1.165) is 6.42 Å². The molecule has 0 amide bonds. The number of aliphatic hydroxyl groups excluding tert-OH is 1. The van der Waals surface area contributed by atoms with E-state index in [0.29, 0.717) is 0 Å². The molecule has 0 radical (unpaired) electrons. The molecule has 1 nitrogen and oxygen atoms in total. The van der Waals surface area contributed by atoms with Gasteiger partial charge in [0.25, 0.3) is 0 Å². The van der Waals surface area contributed by atoms with Crippen LogP contribution in [0.3, 0.4) is 0 Å². The van der Waals surface area contributed by atoms with Gasteiger partial charge in [-0.2, -0.15) is 0 Å². The highest BCUT2D eigenvalue weighted by molar-refractivity contribution is 5.19. The molecule has 0 aliphatic heterocycles. The SMILES string of the molecule is C[C@@H](c1ccccc1)[C@H](O)CC(C)(C)C. The van der Waals surface area contributed by atoms with Gasteiger partial charge in [0, 0.05) is 5.92 Å². The second kappa shape index (κ2) is 4.80. The van der Waals surface area contributed by atoms with E-state index in [1.54, 1.807) is 0 Å². The van der Waals surface area contributed by atoms with Gasteiger partial charge in [-0.15, -0.1) is 0 Å². The van der Waals surface area contributed by atoms with Crippen molar-refractivity contribution in [3.63, 3.8) is 0 Å². The summed E-state index contributed by atoms with van der Waals surface area (Å²) in [7, 11) is 0. The minimum atomic E-state index is -0.257. The Morgan fingerprint density at radius 2 is 1.67 bits per heavy atom. The van der Waals surface area contributed by atoms with Gasteiger partial charge < -0.3 is 5.11 Å². The molecule has 15 heavy (non-hydrogen) atoms. The molecule has 0 unspecified atom stereocenters. The zero-order valence-corrected chi connectivity index (χ0v) is 10.2. The van der Waals surface area contributed by atoms with Crippen molar-refractivity contribution in [3.05, 3.63) is 35.9 Å². The molecule has 0 aliphatic rings. The molecule has 0 saturated heterocycles. The maximum atomic E-state index is 10.1. The van der Waals surface area contributed by atoms with E-state index in [1.807, 2.05) is 18.2 Å². The number of hydrogen-bond acceptors (Lipinski definition) is 1. The van der Waals surface area contributed by atoms with Crippen molar-refractivity contribution in [3.8, 4) is 0 Å². The van der Waals surface area contributed by atoms with Crippen LogP contribution < -0.4 is 0 Å². The van der Waals surface area contributed by atoms with Crippen LogP contribution in [0.25, 0.3) is 0 Å². The Morgan fingerprint density at radius 3 is 2.13 bits per heavy atom. The summed E-state index contributed by atoms with van der Waals surface area (Å²) < 4.78 is 0. The summed E-state index contributed by atoms with van der Waals surface area (Å²) in [6.07, 6.45) is 0.579. The highest BCUT2D eigenvalue weighted by Gasteiger charge is 2.22. The van der Waals surface area contributed by atoms with Crippen molar-refractivity contribution in [2.24, 2.45) is 5.41 Å². The predicted molar refractivity (Wildman–Crippen MR) is 64.9 cm³/mol. The summed E-state index contributed by atoms with van der Waals surface area (Å²) in [4.78, 5) is 0. The molecule has 1 aromatic rings. The zero-order valence-electron chi connectivity index (χ0n) is 10.2. The van der Waals surface area contributed by atoms with Gasteiger partial charge in [0.1, 0.15) is 0 Å². The van der Waals surface area contributed by atoms with Crippen LogP contribution in [0.2, 0.25) is 0 Å². The molecule has 1 aromatic carbocycles. The second-order valence-corrected chi connectivity index (χ2v) is 5.53. The third kappa shape index (κ3) is 4.05. The summed E-state index contributed by atoms with van der Waals surface area (Å²) in [6.45, 7) is 8.57. The molecule has 1 N–H and O–H groups in total. The third-order valence-corrected chi connectivity index (χ3v) is 2.72. The molecule has 0 spiro atoms. The Kier molecular flexibility index (Phi) is 3.92. The van der Waals surface area contributed by atoms with E-state index >= 15 is 0 Å². The lowest BCUT2D eigenvalue weighted by atomic mass is 9.83. The molecular weight excluding hydrogens is 184 g/mol. The number of hydrogen-bond donors (Lipinski definition) is 1. The van der Waals surface area contributed by atoms with Crippen molar-refractivity contribution < 1.29 is 5.11 Å². The molecular formula is C14H22O. The van der Waals surface area contributed by atoms with Crippen LogP contribution in [0.4, 0.5) is 0 Å². The lowest BCUT2D eigenvalue weighted by molar-refractivity contribution is 0.100. The standard InChI is InChI=1S/C14H22O/c1-11(12-8-6-5-7-9-12)13(15)10-14(2,3)4/h5-9,11,13,15H,10H2,1-4H3/t11-,13+/m0/s1. The lowest BCUT2D eigenvalue weighted by Crippen LogP contribution is -2.22. The molecule has 0 bridgehead atoms. The van der Waals surface area contributed by atoms with Crippen LogP contribution >= 0.6 is 0 Å². The van der Waals surface area contributed by atoms with Crippen molar-refractivity contribution in [2.75, 3.05) is 0 Å². The minimum absolute atomic E-state index is 0.183. The van der Waals surface area contributed by atoms with E-state index in [-0.39, 0.29) is 17.4 Å². The fourth-order valence-corrected chi connectivity index (χ4v) is 1.78. The molecule has 0 aliphatic carbocycles. The first-order chi connectivity index (χ1) is 6.90. The molecule has 0 aromatic heterocycles. The van der Waals surface area contributed by atoms with E-state index in [9.17, 15) is 5.11 Å². The van der Waals surface area contributed by atoms with Gasteiger partial charge in [-0.25, -0.2) is 0 Å². The van der Waals surface area contributed by atoms with Crippen molar-refractivity contribution in [1.82, 2.24) is 0 Å². The summed E-state index contributed by atoms with van der Waals surface area (Å²) in [5, 5.41) is 10.1. The van der Waals surface area contributed by atoms with Crippen molar-refractivity contribution in [2.45, 2.75) is 46.1 Å². The molecule has 0 saturated carbocycles. The lowest BCUT2D eigenvalue weighted by Gasteiger charge is -2.26. The third-order valence-electron chi connectivity index (χ3n) is 2.72. The maximum absolute atomic E-state index is 10.1. The number of rotatable bonds is 3. The minimum Gasteiger partial charge on any atom is -0.392 e. The Morgan fingerprint density at radius 1 is 1.13 bits per heavy atom. The van der Waals surface area contributed by atoms with E-state index in [2.05, 4.69) is 39.8 Å². The monoisotopic (exact) mass is 206 g/mol. The normalized spacial score (nSPS) is 16.1. The fraction of sp³-hybridized carbons (Fsp3) is 0.571. The van der Waals surface area contributed by atoms with Crippen molar-refractivity contribution >= 4 is 0 Å². The van der Waals surface area contributed by atoms with Crippen LogP contribution in [0.15, 0.2) is 30.3 Å². The van der Waals surface area contributed by atoms with Crippen LogP contribution in [-0.4, -0.2) is 11.2 Å². The van der Waals surface area contributed by atoms with Crippen LogP contribution in [0, 0.1) is 5.41 Å². The van der Waals surface area contributed by atoms with Gasteiger partial charge in [-0.1, -0.05) is 58.0 Å². The quantitative estimate of drug-likeness (QED) is 0.801. The van der Waals surface area contributed by atoms with E-state index in [1.165, 1.54) is 5.56 Å². The van der Waals surface area contributed by atoms with Crippen LogP contribution in [0.5, 0.6) is 0 Å². The molecule has 1 rings (SSSR count). The molecule has 1 heteroatoms. The fourth-order valence-electron chi connectivity index (χ4n) is 1.78. The molecule has 2 atom stereocenters. The Labute approximate surface area is 93.1 Å². The molecule has 84 valence electrons. The van der Waals surface area contributed by atoms with Gasteiger partial charge >= 0.3 is 0 Å². The Hall–Kier alpha value is -0.820. The topological polar surface area (TPSA) is 20.2 Å². The average molecular weight is 206 g/mol. The first-order valence-electron chi connectivity index (χ1n) is 5.63. The number of benzene rings is 1. The van der Waals surface area contributed by atoms with E-state index < -0.39 is 0 Å². The maximum Gasteiger partial charge on any atom is 0.0611 e. The zero-order chi connectivity index (χ0) is 11.5. The summed E-state index contributed by atoms with van der Waals surface area (Å²) in [5.41, 5.74) is 1.40. The van der Waals surface area contributed by atoms with Gasteiger partial charge in [0.05, 0.1) is 6.10 Å². The van der Waals surface area contributed by atoms with Gasteiger partial charge in [0.15, 0.2) is 0 Å². The summed E-state index contributed by atoms with van der Waals surface area (Å²) in [6, 6.07) is 10.2. The number of aliphatic hydroxyl groups is 1. The highest BCUT2D eigenvalue weighted by atomic mass is 16.3. The highest BCUT2D eigenvalue weighted by Crippen LogP contribution is 2.28. The first kappa shape index (κ1) is 12.3. The predicted octanol–water partition coefficient (Wildman–Crippen LogP) is 3.59. The summed E-state index contributed by atoms with van der Waals surface area (Å²) >= 11 is 0. The second-order valence-electron chi connectivity index (χ2n) is 5.53. The summed E-state index contributed by atoms with van der Waals surface area (Å²) in [5.74, 6) is 0.213. The van der Waals surface area contributed by atoms with Crippen LogP contribution in [0.1, 0.15) is 45.6 Å². The van der Waals surface area contributed by atoms with Crippen molar-refractivity contribution in [1.29, 1.82) is 0 Å². The first-order valence-corrected chi connectivity index (χ1v) is 5.63.